The van der Waals surface area contributed by atoms with Crippen LogP contribution >= 0.6 is 12.4 Å². The van der Waals surface area contributed by atoms with Gasteiger partial charge in [-0.25, -0.2) is 8.42 Å². The number of rotatable bonds is 6. The van der Waals surface area contributed by atoms with Crippen LogP contribution in [0.5, 0.6) is 5.75 Å². The fourth-order valence-electron chi connectivity index (χ4n) is 2.35. The molecule has 1 aliphatic rings. The average Bonchev–Trinajstić information content (AvgIpc) is 2.96. The van der Waals surface area contributed by atoms with E-state index >= 15 is 0 Å². The predicted molar refractivity (Wildman–Crippen MR) is 94.3 cm³/mol. The number of ether oxygens (including phenoxy) is 2. The van der Waals surface area contributed by atoms with Crippen molar-refractivity contribution in [3.63, 3.8) is 0 Å². The number of carbonyl (C=O) groups excluding carboxylic acids is 1. The normalized spacial score (nSPS) is 20.1. The maximum Gasteiger partial charge on any atom is 0.253 e. The molecular formula is C14H22ClN3O5S. The Hall–Kier alpha value is -1.55. The van der Waals surface area contributed by atoms with Gasteiger partial charge in [0, 0.05) is 18.3 Å². The van der Waals surface area contributed by atoms with E-state index in [2.05, 4.69) is 10.0 Å². The molecule has 1 aliphatic heterocycles. The van der Waals surface area contributed by atoms with E-state index < -0.39 is 16.1 Å². The first-order valence-electron chi connectivity index (χ1n) is 7.14. The first kappa shape index (κ1) is 20.5. The van der Waals surface area contributed by atoms with Crippen LogP contribution in [0.4, 0.5) is 11.4 Å². The fourth-order valence-corrected chi connectivity index (χ4v) is 2.92. The Balaban J connectivity index is 0.00000288. The molecule has 0 bridgehead atoms. The summed E-state index contributed by atoms with van der Waals surface area (Å²) >= 11 is 0. The molecule has 1 aromatic carbocycles. The first-order valence-corrected chi connectivity index (χ1v) is 9.03. The minimum Gasteiger partial charge on any atom is -0.494 e. The fraction of sp³-hybridized carbons (Fsp3) is 0.500. The Morgan fingerprint density at radius 2 is 2.12 bits per heavy atom. The van der Waals surface area contributed by atoms with E-state index in [1.807, 2.05) is 0 Å². The molecule has 1 heterocycles. The SMILES string of the molecule is COc1cc(NC(=O)[C@@H]2CC[C@H](CN)O2)ccc1NS(C)(=O)=O.Cl. The predicted octanol–water partition coefficient (Wildman–Crippen LogP) is 0.933. The molecule has 8 nitrogen and oxygen atoms in total. The van der Waals surface area contributed by atoms with Crippen molar-refractivity contribution in [2.24, 2.45) is 5.73 Å². The lowest BCUT2D eigenvalue weighted by Gasteiger charge is -2.15. The summed E-state index contributed by atoms with van der Waals surface area (Å²) in [6.45, 7) is 0.392. The molecule has 0 saturated carbocycles. The van der Waals surface area contributed by atoms with Gasteiger partial charge in [-0.15, -0.1) is 12.4 Å². The molecule has 1 amide bonds. The lowest BCUT2D eigenvalue weighted by atomic mass is 10.2. The van der Waals surface area contributed by atoms with Gasteiger partial charge in [0.25, 0.3) is 5.91 Å². The molecule has 0 unspecified atom stereocenters. The van der Waals surface area contributed by atoms with E-state index in [1.54, 1.807) is 12.1 Å². The average molecular weight is 380 g/mol. The van der Waals surface area contributed by atoms with Crippen LogP contribution in [0, 0.1) is 0 Å². The van der Waals surface area contributed by atoms with Crippen molar-refractivity contribution in [1.29, 1.82) is 0 Å². The zero-order chi connectivity index (χ0) is 17.0. The van der Waals surface area contributed by atoms with Gasteiger partial charge in [0.1, 0.15) is 11.9 Å². The van der Waals surface area contributed by atoms with Crippen molar-refractivity contribution < 1.29 is 22.7 Å². The summed E-state index contributed by atoms with van der Waals surface area (Å²) in [5.74, 6) is 0.0484. The summed E-state index contributed by atoms with van der Waals surface area (Å²) in [6, 6.07) is 4.65. The smallest absolute Gasteiger partial charge is 0.253 e. The molecule has 0 spiro atoms. The summed E-state index contributed by atoms with van der Waals surface area (Å²) in [5.41, 5.74) is 6.32. The summed E-state index contributed by atoms with van der Waals surface area (Å²) in [6.07, 6.45) is 1.83. The maximum absolute atomic E-state index is 12.2. The van der Waals surface area contributed by atoms with Crippen LogP contribution in [-0.4, -0.2) is 46.4 Å². The van der Waals surface area contributed by atoms with Gasteiger partial charge in [-0.3, -0.25) is 9.52 Å². The summed E-state index contributed by atoms with van der Waals surface area (Å²) < 4.78 is 35.6. The highest BCUT2D eigenvalue weighted by Crippen LogP contribution is 2.29. The van der Waals surface area contributed by atoms with Crippen LogP contribution < -0.4 is 20.5 Å². The van der Waals surface area contributed by atoms with Crippen molar-refractivity contribution >= 4 is 39.7 Å². The molecule has 136 valence electrons. The number of anilines is 2. The number of hydrogen-bond donors (Lipinski definition) is 3. The molecule has 24 heavy (non-hydrogen) atoms. The summed E-state index contributed by atoms with van der Waals surface area (Å²) in [4.78, 5) is 12.2. The molecule has 0 aromatic heterocycles. The maximum atomic E-state index is 12.2. The van der Waals surface area contributed by atoms with Crippen LogP contribution in [0.25, 0.3) is 0 Å². The number of benzene rings is 1. The number of methoxy groups -OCH3 is 1. The van der Waals surface area contributed by atoms with Gasteiger partial charge >= 0.3 is 0 Å². The van der Waals surface area contributed by atoms with E-state index in [0.29, 0.717) is 30.1 Å². The van der Waals surface area contributed by atoms with Gasteiger partial charge in [0.15, 0.2) is 0 Å². The van der Waals surface area contributed by atoms with Crippen molar-refractivity contribution in [3.8, 4) is 5.75 Å². The van der Waals surface area contributed by atoms with E-state index in [9.17, 15) is 13.2 Å². The molecule has 2 rings (SSSR count). The van der Waals surface area contributed by atoms with Gasteiger partial charge in [-0.05, 0) is 25.0 Å². The zero-order valence-electron chi connectivity index (χ0n) is 13.4. The number of nitrogens with two attached hydrogens (primary N) is 1. The molecule has 10 heteroatoms. The topological polar surface area (TPSA) is 120 Å². The number of halogens is 1. The molecule has 1 saturated heterocycles. The Kier molecular flexibility index (Phi) is 7.27. The Morgan fingerprint density at radius 1 is 1.42 bits per heavy atom. The number of hydrogen-bond acceptors (Lipinski definition) is 6. The molecule has 1 aromatic rings. The third-order valence-corrected chi connectivity index (χ3v) is 4.02. The van der Waals surface area contributed by atoms with Crippen LogP contribution in [0.2, 0.25) is 0 Å². The summed E-state index contributed by atoms with van der Waals surface area (Å²) in [7, 11) is -2.00. The van der Waals surface area contributed by atoms with E-state index in [4.69, 9.17) is 15.2 Å². The molecule has 1 fully saturated rings. The highest BCUT2D eigenvalue weighted by atomic mass is 35.5. The van der Waals surface area contributed by atoms with Gasteiger partial charge in [0.05, 0.1) is 25.2 Å². The quantitative estimate of drug-likeness (QED) is 0.676. The second-order valence-electron chi connectivity index (χ2n) is 5.34. The monoisotopic (exact) mass is 379 g/mol. The van der Waals surface area contributed by atoms with Gasteiger partial charge in [0.2, 0.25) is 10.0 Å². The number of sulfonamides is 1. The van der Waals surface area contributed by atoms with E-state index in [0.717, 1.165) is 12.7 Å². The Labute approximate surface area is 147 Å². The molecule has 2 atom stereocenters. The zero-order valence-corrected chi connectivity index (χ0v) is 15.1. The standard InChI is InChI=1S/C14H21N3O5S.ClH/c1-21-13-7-9(3-5-11(13)17-23(2,19)20)16-14(18)12-6-4-10(8-15)22-12;/h3,5,7,10,12,17H,4,6,8,15H2,1-2H3,(H,16,18);1H/t10-,12+;/m1./s1. The minimum atomic E-state index is -3.42. The highest BCUT2D eigenvalue weighted by Gasteiger charge is 2.29. The highest BCUT2D eigenvalue weighted by molar-refractivity contribution is 7.92. The van der Waals surface area contributed by atoms with Crippen molar-refractivity contribution in [2.75, 3.05) is 29.9 Å². The Bertz CT molecular complexity index is 683. The van der Waals surface area contributed by atoms with Crippen LogP contribution in [-0.2, 0) is 19.6 Å². The minimum absolute atomic E-state index is 0. The first-order chi connectivity index (χ1) is 10.8. The lowest BCUT2D eigenvalue weighted by molar-refractivity contribution is -0.126. The van der Waals surface area contributed by atoms with Crippen molar-refractivity contribution in [2.45, 2.75) is 25.0 Å². The number of amides is 1. The van der Waals surface area contributed by atoms with Gasteiger partial charge < -0.3 is 20.5 Å². The molecule has 0 aliphatic carbocycles. The third kappa shape index (κ3) is 5.52. The summed E-state index contributed by atoms with van der Waals surface area (Å²) in [5, 5.41) is 2.73. The second-order valence-corrected chi connectivity index (χ2v) is 7.09. The van der Waals surface area contributed by atoms with Crippen LogP contribution in [0.15, 0.2) is 18.2 Å². The number of nitrogens with one attached hydrogen (secondary N) is 2. The second kappa shape index (κ2) is 8.52. The van der Waals surface area contributed by atoms with Crippen LogP contribution in [0.3, 0.4) is 0 Å². The van der Waals surface area contributed by atoms with Crippen molar-refractivity contribution in [3.05, 3.63) is 18.2 Å². The van der Waals surface area contributed by atoms with Crippen molar-refractivity contribution in [1.82, 2.24) is 0 Å². The van der Waals surface area contributed by atoms with E-state index in [1.165, 1.54) is 13.2 Å². The number of carbonyl (C=O) groups is 1. The Morgan fingerprint density at radius 3 is 2.67 bits per heavy atom. The largest absolute Gasteiger partial charge is 0.494 e. The molecule has 0 radical (unpaired) electrons. The third-order valence-electron chi connectivity index (χ3n) is 3.43. The molecule has 4 N–H and O–H groups in total. The lowest BCUT2D eigenvalue weighted by Crippen LogP contribution is -2.29. The van der Waals surface area contributed by atoms with Gasteiger partial charge in [-0.1, -0.05) is 0 Å². The van der Waals surface area contributed by atoms with E-state index in [-0.39, 0.29) is 24.4 Å². The van der Waals surface area contributed by atoms with Gasteiger partial charge in [-0.2, -0.15) is 0 Å². The molecular weight excluding hydrogens is 358 g/mol. The van der Waals surface area contributed by atoms with Crippen LogP contribution in [0.1, 0.15) is 12.8 Å².